The minimum atomic E-state index is -0.576. The van der Waals surface area contributed by atoms with Gasteiger partial charge in [0, 0.05) is 49.7 Å². The van der Waals surface area contributed by atoms with E-state index in [9.17, 15) is 14.9 Å². The summed E-state index contributed by atoms with van der Waals surface area (Å²) in [5.41, 5.74) is 0.687. The van der Waals surface area contributed by atoms with Crippen molar-refractivity contribution in [3.8, 4) is 0 Å². The summed E-state index contributed by atoms with van der Waals surface area (Å²) >= 11 is 0. The minimum Gasteiger partial charge on any atom is -0.373 e. The van der Waals surface area contributed by atoms with Crippen molar-refractivity contribution in [1.82, 2.24) is 4.90 Å². The molecule has 1 saturated heterocycles. The SMILES string of the molecule is COC(C)(C)C(=CC(=O)c1ccc([N+](=O)[O-])cc1)N1CCCCC1. The molecule has 0 spiro atoms. The highest BCUT2D eigenvalue weighted by Crippen LogP contribution is 2.27. The quantitative estimate of drug-likeness (QED) is 0.345. The summed E-state index contributed by atoms with van der Waals surface area (Å²) in [5.74, 6) is -0.171. The number of hydrogen-bond donors (Lipinski definition) is 0. The van der Waals surface area contributed by atoms with E-state index < -0.39 is 10.5 Å². The molecule has 1 aliphatic heterocycles. The van der Waals surface area contributed by atoms with Crippen molar-refractivity contribution in [2.75, 3.05) is 20.2 Å². The third-order valence-electron chi connectivity index (χ3n) is 4.45. The summed E-state index contributed by atoms with van der Waals surface area (Å²) in [6.07, 6.45) is 5.01. The fraction of sp³-hybridized carbons (Fsp3) is 0.500. The second-order valence-electron chi connectivity index (χ2n) is 6.46. The van der Waals surface area contributed by atoms with Gasteiger partial charge in [0.2, 0.25) is 0 Å². The van der Waals surface area contributed by atoms with E-state index in [-0.39, 0.29) is 11.5 Å². The second-order valence-corrected chi connectivity index (χ2v) is 6.46. The molecule has 1 aliphatic rings. The fourth-order valence-corrected chi connectivity index (χ4v) is 2.84. The topological polar surface area (TPSA) is 72.7 Å². The molecule has 0 saturated carbocycles. The van der Waals surface area contributed by atoms with E-state index in [2.05, 4.69) is 4.90 Å². The molecule has 24 heavy (non-hydrogen) atoms. The van der Waals surface area contributed by atoms with Gasteiger partial charge in [-0.15, -0.1) is 0 Å². The molecule has 6 heteroatoms. The molecule has 1 aromatic carbocycles. The molecular weight excluding hydrogens is 308 g/mol. The number of nitro benzene ring substituents is 1. The zero-order chi connectivity index (χ0) is 17.7. The van der Waals surface area contributed by atoms with E-state index >= 15 is 0 Å². The predicted molar refractivity (Wildman–Crippen MR) is 92.0 cm³/mol. The van der Waals surface area contributed by atoms with Gasteiger partial charge in [-0.25, -0.2) is 0 Å². The molecule has 0 atom stereocenters. The molecular formula is C18H24N2O4. The Balaban J connectivity index is 2.30. The summed E-state index contributed by atoms with van der Waals surface area (Å²) in [4.78, 5) is 25.1. The summed E-state index contributed by atoms with van der Waals surface area (Å²) < 4.78 is 5.59. The maximum Gasteiger partial charge on any atom is 0.269 e. The monoisotopic (exact) mass is 332 g/mol. The van der Waals surface area contributed by atoms with E-state index in [4.69, 9.17) is 4.74 Å². The summed E-state index contributed by atoms with van der Waals surface area (Å²) in [6.45, 7) is 5.70. The Morgan fingerprint density at radius 1 is 1.21 bits per heavy atom. The number of methoxy groups -OCH3 is 1. The Labute approximate surface area is 142 Å². The Morgan fingerprint density at radius 2 is 1.79 bits per heavy atom. The van der Waals surface area contributed by atoms with Crippen molar-refractivity contribution in [1.29, 1.82) is 0 Å². The molecule has 0 aliphatic carbocycles. The van der Waals surface area contributed by atoms with Crippen LogP contribution < -0.4 is 0 Å². The number of benzene rings is 1. The van der Waals surface area contributed by atoms with Gasteiger partial charge in [-0.1, -0.05) is 0 Å². The normalized spacial score (nSPS) is 16.1. The van der Waals surface area contributed by atoms with Crippen LogP contribution in [-0.2, 0) is 4.74 Å². The van der Waals surface area contributed by atoms with Crippen LogP contribution in [0.5, 0.6) is 0 Å². The lowest BCUT2D eigenvalue weighted by molar-refractivity contribution is -0.384. The predicted octanol–water partition coefficient (Wildman–Crippen LogP) is 3.57. The van der Waals surface area contributed by atoms with Crippen molar-refractivity contribution in [3.05, 3.63) is 51.7 Å². The smallest absolute Gasteiger partial charge is 0.269 e. The van der Waals surface area contributed by atoms with Crippen LogP contribution in [0.15, 0.2) is 36.0 Å². The van der Waals surface area contributed by atoms with E-state index in [1.807, 2.05) is 13.8 Å². The van der Waals surface area contributed by atoms with Crippen LogP contribution in [0.2, 0.25) is 0 Å². The number of non-ortho nitro benzene ring substituents is 1. The molecule has 0 bridgehead atoms. The second kappa shape index (κ2) is 7.57. The number of hydrogen-bond acceptors (Lipinski definition) is 5. The zero-order valence-electron chi connectivity index (χ0n) is 14.4. The third kappa shape index (κ3) is 4.20. The number of nitro groups is 1. The van der Waals surface area contributed by atoms with Crippen LogP contribution in [-0.4, -0.2) is 41.4 Å². The number of ether oxygens (including phenoxy) is 1. The Bertz CT molecular complexity index is 629. The van der Waals surface area contributed by atoms with Crippen molar-refractivity contribution in [2.24, 2.45) is 0 Å². The number of allylic oxidation sites excluding steroid dienone is 1. The molecule has 2 rings (SSSR count). The lowest BCUT2D eigenvalue weighted by Gasteiger charge is -2.38. The minimum absolute atomic E-state index is 0.0241. The molecule has 6 nitrogen and oxygen atoms in total. The molecule has 130 valence electrons. The molecule has 1 fully saturated rings. The first-order valence-electron chi connectivity index (χ1n) is 8.16. The number of rotatable bonds is 6. The third-order valence-corrected chi connectivity index (χ3v) is 4.45. The maximum atomic E-state index is 12.6. The lowest BCUT2D eigenvalue weighted by atomic mass is 9.97. The van der Waals surface area contributed by atoms with E-state index in [1.165, 1.54) is 30.7 Å². The fourth-order valence-electron chi connectivity index (χ4n) is 2.84. The summed E-state index contributed by atoms with van der Waals surface area (Å²) in [7, 11) is 1.63. The number of piperidine rings is 1. The van der Waals surface area contributed by atoms with Crippen LogP contribution in [0, 0.1) is 10.1 Å². The van der Waals surface area contributed by atoms with Crippen molar-refractivity contribution < 1.29 is 14.5 Å². The Hall–Kier alpha value is -2.21. The van der Waals surface area contributed by atoms with Crippen molar-refractivity contribution in [2.45, 2.75) is 38.7 Å². The highest BCUT2D eigenvalue weighted by Gasteiger charge is 2.29. The molecule has 0 radical (unpaired) electrons. The average molecular weight is 332 g/mol. The zero-order valence-corrected chi connectivity index (χ0v) is 14.4. The molecule has 0 aromatic heterocycles. The van der Waals surface area contributed by atoms with Gasteiger partial charge in [0.25, 0.3) is 5.69 Å². The van der Waals surface area contributed by atoms with Crippen LogP contribution in [0.25, 0.3) is 0 Å². The van der Waals surface area contributed by atoms with E-state index in [0.29, 0.717) is 5.56 Å². The number of ketones is 1. The van der Waals surface area contributed by atoms with Crippen LogP contribution >= 0.6 is 0 Å². The first-order valence-corrected chi connectivity index (χ1v) is 8.16. The van der Waals surface area contributed by atoms with E-state index in [1.54, 1.807) is 13.2 Å². The lowest BCUT2D eigenvalue weighted by Crippen LogP contribution is -2.40. The standard InChI is InChI=1S/C18H24N2O4/c1-18(2,24-3)17(19-11-5-4-6-12-19)13-16(21)14-7-9-15(10-8-14)20(22)23/h7-10,13H,4-6,11-12H2,1-3H3. The molecule has 1 heterocycles. The van der Waals surface area contributed by atoms with E-state index in [0.717, 1.165) is 31.6 Å². The summed E-state index contributed by atoms with van der Waals surface area (Å²) in [6, 6.07) is 5.68. The summed E-state index contributed by atoms with van der Waals surface area (Å²) in [5, 5.41) is 10.7. The number of likely N-dealkylation sites (tertiary alicyclic amines) is 1. The van der Waals surface area contributed by atoms with Crippen molar-refractivity contribution >= 4 is 11.5 Å². The molecule has 0 N–H and O–H groups in total. The van der Waals surface area contributed by atoms with Gasteiger partial charge in [-0.3, -0.25) is 14.9 Å². The highest BCUT2D eigenvalue weighted by molar-refractivity contribution is 6.05. The van der Waals surface area contributed by atoms with Gasteiger partial charge in [-0.05, 0) is 45.2 Å². The van der Waals surface area contributed by atoms with Gasteiger partial charge in [0.05, 0.1) is 4.92 Å². The number of nitrogens with zero attached hydrogens (tertiary/aromatic N) is 2. The number of carbonyl (C=O) groups is 1. The first-order chi connectivity index (χ1) is 11.3. The Kier molecular flexibility index (Phi) is 5.72. The largest absolute Gasteiger partial charge is 0.373 e. The molecule has 0 unspecified atom stereocenters. The Morgan fingerprint density at radius 3 is 2.29 bits per heavy atom. The van der Waals surface area contributed by atoms with Crippen LogP contribution in [0.1, 0.15) is 43.5 Å². The molecule has 0 amide bonds. The average Bonchev–Trinajstić information content (AvgIpc) is 2.60. The van der Waals surface area contributed by atoms with Crippen molar-refractivity contribution in [3.63, 3.8) is 0 Å². The molecule has 1 aromatic rings. The first kappa shape index (κ1) is 18.1. The number of carbonyl (C=O) groups excluding carboxylic acids is 1. The van der Waals surface area contributed by atoms with Crippen LogP contribution in [0.3, 0.4) is 0 Å². The van der Waals surface area contributed by atoms with Gasteiger partial charge < -0.3 is 9.64 Å². The van der Waals surface area contributed by atoms with Gasteiger partial charge in [-0.2, -0.15) is 0 Å². The highest BCUT2D eigenvalue weighted by atomic mass is 16.6. The maximum absolute atomic E-state index is 12.6. The van der Waals surface area contributed by atoms with Gasteiger partial charge >= 0.3 is 0 Å². The van der Waals surface area contributed by atoms with Gasteiger partial charge in [0.15, 0.2) is 5.78 Å². The van der Waals surface area contributed by atoms with Gasteiger partial charge in [0.1, 0.15) is 5.60 Å². The van der Waals surface area contributed by atoms with Crippen LogP contribution in [0.4, 0.5) is 5.69 Å².